The first-order valence-electron chi connectivity index (χ1n) is 11.7. The van der Waals surface area contributed by atoms with Crippen LogP contribution in [-0.2, 0) is 26.2 Å². The van der Waals surface area contributed by atoms with E-state index in [4.69, 9.17) is 0 Å². The van der Waals surface area contributed by atoms with Gasteiger partial charge in [-0.05, 0) is 56.9 Å². The molecule has 0 radical (unpaired) electrons. The van der Waals surface area contributed by atoms with E-state index in [1.54, 1.807) is 11.0 Å². The lowest BCUT2D eigenvalue weighted by Gasteiger charge is -2.31. The van der Waals surface area contributed by atoms with Crippen LogP contribution in [-0.4, -0.2) is 50.5 Å². The Bertz CT molecular complexity index is 1080. The Hall–Kier alpha value is -2.87. The summed E-state index contributed by atoms with van der Waals surface area (Å²) in [6.07, 6.45) is 2.14. The van der Waals surface area contributed by atoms with Crippen LogP contribution in [0.4, 0.5) is 5.69 Å². The normalized spacial score (nSPS) is 12.1. The van der Waals surface area contributed by atoms with Crippen molar-refractivity contribution in [3.63, 3.8) is 0 Å². The van der Waals surface area contributed by atoms with E-state index >= 15 is 0 Å². The van der Waals surface area contributed by atoms with Gasteiger partial charge in [-0.15, -0.1) is 0 Å². The third kappa shape index (κ3) is 7.87. The number of nitrogens with one attached hydrogen (secondary N) is 1. The molecule has 0 unspecified atom stereocenters. The van der Waals surface area contributed by atoms with Crippen LogP contribution in [0.25, 0.3) is 0 Å². The summed E-state index contributed by atoms with van der Waals surface area (Å²) in [6, 6.07) is 14.6. The highest BCUT2D eigenvalue weighted by Crippen LogP contribution is 2.21. The minimum Gasteiger partial charge on any atom is -0.355 e. The van der Waals surface area contributed by atoms with Crippen LogP contribution in [0.3, 0.4) is 0 Å². The number of hydrogen-bond acceptors (Lipinski definition) is 4. The van der Waals surface area contributed by atoms with Crippen LogP contribution >= 0.6 is 0 Å². The third-order valence-corrected chi connectivity index (χ3v) is 6.81. The molecule has 0 fully saturated rings. The Morgan fingerprint density at radius 3 is 2.21 bits per heavy atom. The van der Waals surface area contributed by atoms with Crippen LogP contribution in [0, 0.1) is 13.8 Å². The van der Waals surface area contributed by atoms with E-state index in [0.29, 0.717) is 31.6 Å². The molecule has 2 amide bonds. The van der Waals surface area contributed by atoms with Crippen molar-refractivity contribution in [2.75, 3.05) is 23.7 Å². The fourth-order valence-corrected chi connectivity index (χ4v) is 4.96. The number of carbonyl (C=O) groups excluding carboxylic acids is 2. The van der Waals surface area contributed by atoms with Gasteiger partial charge in [0.1, 0.15) is 6.04 Å². The summed E-state index contributed by atoms with van der Waals surface area (Å²) in [5, 5.41) is 2.83. The zero-order valence-corrected chi connectivity index (χ0v) is 21.7. The van der Waals surface area contributed by atoms with Gasteiger partial charge in [-0.1, -0.05) is 48.9 Å². The summed E-state index contributed by atoms with van der Waals surface area (Å²) in [5.74, 6) is -0.346. The van der Waals surface area contributed by atoms with E-state index in [1.807, 2.05) is 70.2 Å². The van der Waals surface area contributed by atoms with Crippen molar-refractivity contribution in [2.24, 2.45) is 0 Å². The monoisotopic (exact) mass is 487 g/mol. The van der Waals surface area contributed by atoms with Gasteiger partial charge in [0.15, 0.2) is 0 Å². The molecule has 2 rings (SSSR count). The summed E-state index contributed by atoms with van der Waals surface area (Å²) in [5.41, 5.74) is 3.58. The number of likely N-dealkylation sites (N-methyl/N-ethyl adjacent to an activating group) is 1. The SMILES string of the molecule is CCNC(=O)[C@H](CC)N(Cc1cccc(C)c1)C(=O)CCCN(c1cccc(C)c1)S(C)(=O)=O. The first-order valence-corrected chi connectivity index (χ1v) is 13.6. The second kappa shape index (κ2) is 12.6. The number of rotatable bonds is 12. The van der Waals surface area contributed by atoms with E-state index in [2.05, 4.69) is 5.32 Å². The second-order valence-electron chi connectivity index (χ2n) is 8.61. The lowest BCUT2D eigenvalue weighted by atomic mass is 10.1. The summed E-state index contributed by atoms with van der Waals surface area (Å²) in [6.45, 7) is 8.63. The van der Waals surface area contributed by atoms with Gasteiger partial charge in [0.2, 0.25) is 21.8 Å². The van der Waals surface area contributed by atoms with E-state index < -0.39 is 16.1 Å². The van der Waals surface area contributed by atoms with Gasteiger partial charge in [0, 0.05) is 26.1 Å². The number of benzene rings is 2. The van der Waals surface area contributed by atoms with E-state index in [1.165, 1.54) is 10.6 Å². The molecule has 0 aliphatic rings. The average molecular weight is 488 g/mol. The van der Waals surface area contributed by atoms with Crippen molar-refractivity contribution >= 4 is 27.5 Å². The predicted octanol–water partition coefficient (Wildman–Crippen LogP) is 3.79. The van der Waals surface area contributed by atoms with E-state index in [-0.39, 0.29) is 24.8 Å². The number of amides is 2. The Labute approximate surface area is 204 Å². The predicted molar refractivity (Wildman–Crippen MR) is 137 cm³/mol. The maximum atomic E-state index is 13.3. The van der Waals surface area contributed by atoms with Crippen LogP contribution < -0.4 is 9.62 Å². The Balaban J connectivity index is 2.20. The molecule has 0 bridgehead atoms. The fourth-order valence-electron chi connectivity index (χ4n) is 4.01. The summed E-state index contributed by atoms with van der Waals surface area (Å²) in [4.78, 5) is 27.7. The molecule has 0 aliphatic heterocycles. The van der Waals surface area contributed by atoms with Gasteiger partial charge < -0.3 is 10.2 Å². The van der Waals surface area contributed by atoms with Crippen molar-refractivity contribution in [3.05, 3.63) is 65.2 Å². The molecular formula is C26H37N3O4S. The molecule has 0 spiro atoms. The highest BCUT2D eigenvalue weighted by Gasteiger charge is 2.28. The maximum Gasteiger partial charge on any atom is 0.242 e. The number of nitrogens with zero attached hydrogens (tertiary/aromatic N) is 2. The number of hydrogen-bond donors (Lipinski definition) is 1. The smallest absolute Gasteiger partial charge is 0.242 e. The van der Waals surface area contributed by atoms with Crippen molar-refractivity contribution in [1.82, 2.24) is 10.2 Å². The van der Waals surface area contributed by atoms with Crippen LogP contribution in [0.1, 0.15) is 49.8 Å². The molecule has 1 N–H and O–H groups in total. The molecule has 1 atom stereocenters. The molecule has 0 aliphatic carbocycles. The first kappa shape index (κ1) is 27.4. The Morgan fingerprint density at radius 2 is 1.65 bits per heavy atom. The van der Waals surface area contributed by atoms with Crippen molar-refractivity contribution in [1.29, 1.82) is 0 Å². The number of anilines is 1. The number of sulfonamides is 1. The van der Waals surface area contributed by atoms with Gasteiger partial charge >= 0.3 is 0 Å². The van der Waals surface area contributed by atoms with Crippen molar-refractivity contribution in [3.8, 4) is 0 Å². The first-order chi connectivity index (χ1) is 16.1. The largest absolute Gasteiger partial charge is 0.355 e. The zero-order chi connectivity index (χ0) is 25.3. The number of aryl methyl sites for hydroxylation is 2. The lowest BCUT2D eigenvalue weighted by Crippen LogP contribution is -2.49. The second-order valence-corrected chi connectivity index (χ2v) is 10.5. The molecule has 2 aromatic rings. The van der Waals surface area contributed by atoms with Crippen LogP contribution in [0.15, 0.2) is 48.5 Å². The molecule has 7 nitrogen and oxygen atoms in total. The molecule has 0 heterocycles. The average Bonchev–Trinajstić information content (AvgIpc) is 2.75. The Kier molecular flexibility index (Phi) is 10.1. The highest BCUT2D eigenvalue weighted by atomic mass is 32.2. The van der Waals surface area contributed by atoms with E-state index in [9.17, 15) is 18.0 Å². The lowest BCUT2D eigenvalue weighted by molar-refractivity contribution is -0.141. The van der Waals surface area contributed by atoms with Gasteiger partial charge in [-0.3, -0.25) is 13.9 Å². The number of carbonyl (C=O) groups is 2. The fraction of sp³-hybridized carbons (Fsp3) is 0.462. The van der Waals surface area contributed by atoms with Gasteiger partial charge in [-0.25, -0.2) is 8.42 Å². The molecule has 0 saturated heterocycles. The summed E-state index contributed by atoms with van der Waals surface area (Å²) >= 11 is 0. The summed E-state index contributed by atoms with van der Waals surface area (Å²) < 4.78 is 26.2. The van der Waals surface area contributed by atoms with Gasteiger partial charge in [0.25, 0.3) is 0 Å². The molecule has 2 aromatic carbocycles. The zero-order valence-electron chi connectivity index (χ0n) is 20.9. The van der Waals surface area contributed by atoms with Gasteiger partial charge in [0.05, 0.1) is 11.9 Å². The van der Waals surface area contributed by atoms with E-state index in [0.717, 1.165) is 16.7 Å². The minimum absolute atomic E-state index is 0.138. The van der Waals surface area contributed by atoms with Crippen LogP contribution in [0.2, 0.25) is 0 Å². The van der Waals surface area contributed by atoms with Crippen molar-refractivity contribution < 1.29 is 18.0 Å². The molecular weight excluding hydrogens is 450 g/mol. The van der Waals surface area contributed by atoms with Gasteiger partial charge in [-0.2, -0.15) is 0 Å². The Morgan fingerprint density at radius 1 is 1.00 bits per heavy atom. The molecule has 34 heavy (non-hydrogen) atoms. The topological polar surface area (TPSA) is 86.8 Å². The molecule has 0 aromatic heterocycles. The minimum atomic E-state index is -3.50. The maximum absolute atomic E-state index is 13.3. The highest BCUT2D eigenvalue weighted by molar-refractivity contribution is 7.92. The molecule has 8 heteroatoms. The quantitative estimate of drug-likeness (QED) is 0.493. The molecule has 186 valence electrons. The standard InChI is InChI=1S/C26H37N3O4S/c1-6-24(26(31)27-7-2)28(19-22-13-8-11-20(3)17-22)25(30)15-10-16-29(34(5,32)33)23-14-9-12-21(4)18-23/h8-9,11-14,17-18,24H,6-7,10,15-16,19H2,1-5H3,(H,27,31)/t24-/m0/s1. The van der Waals surface area contributed by atoms with Crippen molar-refractivity contribution in [2.45, 2.75) is 59.5 Å². The third-order valence-electron chi connectivity index (χ3n) is 5.61. The summed E-state index contributed by atoms with van der Waals surface area (Å²) in [7, 11) is -3.50. The van der Waals surface area contributed by atoms with Crippen LogP contribution in [0.5, 0.6) is 0 Å². The molecule has 0 saturated carbocycles.